The van der Waals surface area contributed by atoms with Crippen molar-refractivity contribution in [3.8, 4) is 22.5 Å². The summed E-state index contributed by atoms with van der Waals surface area (Å²) in [7, 11) is 0. The number of pyridine rings is 1. The quantitative estimate of drug-likeness (QED) is 0.181. The number of rotatable bonds is 3. The molecule has 10 rings (SSSR count). The lowest BCUT2D eigenvalue weighted by Gasteiger charge is -2.13. The van der Waals surface area contributed by atoms with Crippen molar-refractivity contribution in [3.63, 3.8) is 0 Å². The summed E-state index contributed by atoms with van der Waals surface area (Å²) in [6, 6.07) is 49.3. The maximum absolute atomic E-state index is 8.00. The van der Waals surface area contributed by atoms with Crippen molar-refractivity contribution < 1.29 is 0 Å². The molecule has 0 bridgehead atoms. The van der Waals surface area contributed by atoms with Crippen LogP contribution in [0, 0.1) is 6.57 Å². The predicted octanol–water partition coefficient (Wildman–Crippen LogP) is 11.9. The van der Waals surface area contributed by atoms with E-state index in [1.807, 2.05) is 35.7 Å². The normalized spacial score (nSPS) is 11.8. The molecule has 6 aromatic carbocycles. The van der Waals surface area contributed by atoms with Gasteiger partial charge in [-0.1, -0.05) is 66.7 Å². The van der Waals surface area contributed by atoms with E-state index in [1.54, 1.807) is 0 Å². The summed E-state index contributed by atoms with van der Waals surface area (Å²) in [6.45, 7) is 8.00. The third-order valence-electron chi connectivity index (χ3n) is 9.33. The van der Waals surface area contributed by atoms with Gasteiger partial charge in [-0.05, 0) is 83.9 Å². The first-order chi connectivity index (χ1) is 23.2. The molecule has 0 aliphatic heterocycles. The zero-order chi connectivity index (χ0) is 31.1. The lowest BCUT2D eigenvalue weighted by molar-refractivity contribution is 1.14. The summed E-state index contributed by atoms with van der Waals surface area (Å²) in [5.41, 5.74) is 8.97. The van der Waals surface area contributed by atoms with Crippen molar-refractivity contribution in [2.75, 3.05) is 0 Å². The second kappa shape index (κ2) is 9.89. The molecule has 0 amide bonds. The minimum Gasteiger partial charge on any atom is -0.310 e. The van der Waals surface area contributed by atoms with E-state index < -0.39 is 0 Å². The molecule has 5 heteroatoms. The number of hydrogen-bond acceptors (Lipinski definition) is 2. The van der Waals surface area contributed by atoms with E-state index in [-0.39, 0.29) is 0 Å². The van der Waals surface area contributed by atoms with Crippen LogP contribution < -0.4 is 0 Å². The number of fused-ring (bicyclic) bond motifs is 9. The molecule has 4 heterocycles. The third kappa shape index (κ3) is 3.83. The Bertz CT molecular complexity index is 2880. The van der Waals surface area contributed by atoms with Crippen molar-refractivity contribution >= 4 is 80.9 Å². The lowest BCUT2D eigenvalue weighted by Crippen LogP contribution is -1.97. The fraction of sp³-hybridized carbons (Fsp3) is 0. The molecule has 4 nitrogen and oxygen atoms in total. The maximum Gasteiger partial charge on any atom is 0.189 e. The van der Waals surface area contributed by atoms with Crippen LogP contribution in [0.2, 0.25) is 0 Å². The Hall–Kier alpha value is -6.22. The molecule has 0 aliphatic rings. The zero-order valence-electron chi connectivity index (χ0n) is 25.1. The number of benzene rings is 6. The van der Waals surface area contributed by atoms with E-state index in [9.17, 15) is 0 Å². The van der Waals surface area contributed by atoms with Crippen LogP contribution >= 0.6 is 11.3 Å². The molecule has 0 saturated heterocycles. The fourth-order valence-corrected chi connectivity index (χ4v) is 8.43. The molecule has 4 aromatic heterocycles. The fourth-order valence-electron chi connectivity index (χ4n) is 7.30. The molecule has 10 aromatic rings. The SMILES string of the molecule is [C-]#[N+]c1cc(-c2cccc(-n3c4cc5c(cc4c4cccnc43)sc3ccccc35)c2)cc(-n2c3ccccc3c3ccccc32)c1. The highest BCUT2D eigenvalue weighted by Gasteiger charge is 2.18. The van der Waals surface area contributed by atoms with Crippen LogP contribution in [0.1, 0.15) is 0 Å². The Morgan fingerprint density at radius 3 is 2.02 bits per heavy atom. The molecule has 0 fully saturated rings. The zero-order valence-corrected chi connectivity index (χ0v) is 25.9. The third-order valence-corrected chi connectivity index (χ3v) is 10.5. The minimum atomic E-state index is 0.607. The molecular formula is C42H24N4S. The van der Waals surface area contributed by atoms with Gasteiger partial charge >= 0.3 is 0 Å². The molecule has 0 aliphatic carbocycles. The van der Waals surface area contributed by atoms with Crippen LogP contribution in [0.3, 0.4) is 0 Å². The second-order valence-electron chi connectivity index (χ2n) is 11.9. The Morgan fingerprint density at radius 1 is 0.489 bits per heavy atom. The molecule has 0 atom stereocenters. The summed E-state index contributed by atoms with van der Waals surface area (Å²) in [5, 5.41) is 7.27. The number of para-hydroxylation sites is 2. The van der Waals surface area contributed by atoms with Crippen molar-refractivity contribution in [2.45, 2.75) is 0 Å². The number of hydrogen-bond donors (Lipinski definition) is 0. The first kappa shape index (κ1) is 26.0. The Kier molecular flexibility index (Phi) is 5.48. The van der Waals surface area contributed by atoms with E-state index in [0.29, 0.717) is 5.69 Å². The number of nitrogens with zero attached hydrogens (tertiary/aromatic N) is 4. The smallest absolute Gasteiger partial charge is 0.189 e. The van der Waals surface area contributed by atoms with E-state index in [2.05, 4.69) is 135 Å². The maximum atomic E-state index is 8.00. The van der Waals surface area contributed by atoms with Crippen LogP contribution in [0.25, 0.3) is 91.3 Å². The highest BCUT2D eigenvalue weighted by atomic mass is 32.1. The van der Waals surface area contributed by atoms with E-state index in [4.69, 9.17) is 11.6 Å². The van der Waals surface area contributed by atoms with Crippen molar-refractivity contribution in [1.29, 1.82) is 0 Å². The van der Waals surface area contributed by atoms with Crippen LogP contribution in [0.4, 0.5) is 5.69 Å². The molecule has 0 spiro atoms. The highest BCUT2D eigenvalue weighted by Crippen LogP contribution is 2.41. The highest BCUT2D eigenvalue weighted by molar-refractivity contribution is 7.25. The van der Waals surface area contributed by atoms with Crippen LogP contribution in [-0.2, 0) is 0 Å². The Labute approximate surface area is 273 Å². The second-order valence-corrected chi connectivity index (χ2v) is 13.0. The topological polar surface area (TPSA) is 27.1 Å². The van der Waals surface area contributed by atoms with E-state index >= 15 is 0 Å². The lowest BCUT2D eigenvalue weighted by atomic mass is 10.0. The summed E-state index contributed by atoms with van der Waals surface area (Å²) < 4.78 is 7.14. The van der Waals surface area contributed by atoms with Crippen molar-refractivity contribution in [1.82, 2.24) is 14.1 Å². The Morgan fingerprint density at radius 2 is 1.21 bits per heavy atom. The van der Waals surface area contributed by atoms with Gasteiger partial charge in [0.25, 0.3) is 0 Å². The van der Waals surface area contributed by atoms with E-state index in [0.717, 1.165) is 50.1 Å². The molecule has 218 valence electrons. The number of thiophene rings is 1. The van der Waals surface area contributed by atoms with Gasteiger partial charge in [-0.25, -0.2) is 9.83 Å². The van der Waals surface area contributed by atoms with Crippen molar-refractivity contribution in [3.05, 3.63) is 157 Å². The van der Waals surface area contributed by atoms with E-state index in [1.165, 1.54) is 36.3 Å². The van der Waals surface area contributed by atoms with Crippen LogP contribution in [0.5, 0.6) is 0 Å². The Balaban J connectivity index is 1.20. The van der Waals surface area contributed by atoms with Gasteiger partial charge in [0.05, 0.1) is 23.1 Å². The average Bonchev–Trinajstić information content (AvgIpc) is 3.78. The predicted molar refractivity (Wildman–Crippen MR) is 198 cm³/mol. The van der Waals surface area contributed by atoms with Gasteiger partial charge in [-0.2, -0.15) is 0 Å². The van der Waals surface area contributed by atoms with Crippen molar-refractivity contribution in [2.24, 2.45) is 0 Å². The van der Waals surface area contributed by atoms with Gasteiger partial charge in [0, 0.05) is 59.3 Å². The first-order valence-corrected chi connectivity index (χ1v) is 16.4. The summed E-state index contributed by atoms with van der Waals surface area (Å²) >= 11 is 1.84. The van der Waals surface area contributed by atoms with Gasteiger partial charge in [0.2, 0.25) is 0 Å². The molecule has 0 unspecified atom stereocenters. The average molecular weight is 617 g/mol. The first-order valence-electron chi connectivity index (χ1n) is 15.6. The molecule has 0 saturated carbocycles. The monoisotopic (exact) mass is 616 g/mol. The minimum absolute atomic E-state index is 0.607. The number of aromatic nitrogens is 3. The van der Waals surface area contributed by atoms with Gasteiger partial charge in [-0.15, -0.1) is 11.3 Å². The standard InChI is InChI=1S/C42H24N4S/c1-43-28-20-27(22-30(23-28)45-37-16-5-2-12-31(37)32-13-3-6-17-38(32)45)26-10-8-11-29(21-26)46-39-24-36-33-14-4-7-18-40(33)47-41(36)25-35(39)34-15-9-19-44-42(34)46/h2-25H. The van der Waals surface area contributed by atoms with Gasteiger partial charge < -0.3 is 4.57 Å². The molecular weight excluding hydrogens is 593 g/mol. The summed E-state index contributed by atoms with van der Waals surface area (Å²) in [5.74, 6) is 0. The summed E-state index contributed by atoms with van der Waals surface area (Å²) in [6.07, 6.45) is 1.87. The van der Waals surface area contributed by atoms with Gasteiger partial charge in [-0.3, -0.25) is 4.57 Å². The molecule has 0 radical (unpaired) electrons. The molecule has 0 N–H and O–H groups in total. The summed E-state index contributed by atoms with van der Waals surface area (Å²) in [4.78, 5) is 8.80. The van der Waals surface area contributed by atoms with Crippen LogP contribution in [0.15, 0.2) is 146 Å². The molecule has 47 heavy (non-hydrogen) atoms. The van der Waals surface area contributed by atoms with Gasteiger partial charge in [0.1, 0.15) is 5.65 Å². The largest absolute Gasteiger partial charge is 0.310 e. The van der Waals surface area contributed by atoms with Gasteiger partial charge in [0.15, 0.2) is 5.69 Å². The van der Waals surface area contributed by atoms with Crippen LogP contribution in [-0.4, -0.2) is 14.1 Å².